The molecule has 1 aromatic carbocycles. The molecule has 5 heteroatoms. The molecule has 18 heavy (non-hydrogen) atoms. The Morgan fingerprint density at radius 3 is 2.83 bits per heavy atom. The number of nitrogens with one attached hydrogen (secondary N) is 2. The Balaban J connectivity index is 2.11. The normalized spacial score (nSPS) is 18.7. The van der Waals surface area contributed by atoms with Gasteiger partial charge in [0.05, 0.1) is 10.6 Å². The van der Waals surface area contributed by atoms with E-state index in [1.165, 1.54) is 4.90 Å². The first-order chi connectivity index (χ1) is 8.58. The van der Waals surface area contributed by atoms with Crippen LogP contribution in [-0.4, -0.2) is 44.0 Å². The largest absolute Gasteiger partial charge is 0.381 e. The van der Waals surface area contributed by atoms with Gasteiger partial charge in [-0.05, 0) is 31.2 Å². The number of hydrogen-bond acceptors (Lipinski definition) is 3. The van der Waals surface area contributed by atoms with Crippen LogP contribution in [0.2, 0.25) is 5.02 Å². The molecule has 1 aliphatic heterocycles. The number of halogens is 1. The van der Waals surface area contributed by atoms with Crippen LogP contribution in [-0.2, 0) is 0 Å². The molecular formula is C13H18ClN3O. The Labute approximate surface area is 112 Å². The first-order valence-electron chi connectivity index (χ1n) is 6.06. The molecule has 98 valence electrons. The Morgan fingerprint density at radius 2 is 2.28 bits per heavy atom. The zero-order valence-electron chi connectivity index (χ0n) is 10.7. The van der Waals surface area contributed by atoms with Gasteiger partial charge in [0, 0.05) is 32.4 Å². The maximum atomic E-state index is 11.8. The first kappa shape index (κ1) is 13.2. The van der Waals surface area contributed by atoms with Crippen molar-refractivity contribution in [1.82, 2.24) is 10.2 Å². The molecule has 1 heterocycles. The highest BCUT2D eigenvalue weighted by Gasteiger charge is 2.16. The molecule has 2 N–H and O–H groups in total. The predicted octanol–water partition coefficient (Wildman–Crippen LogP) is 1.82. The molecule has 0 aliphatic carbocycles. The SMILES string of the molecule is CN(C)C(=O)c1ccc(N[C@H]2CCNC2)cc1Cl. The van der Waals surface area contributed by atoms with Crippen LogP contribution in [0, 0.1) is 0 Å². The number of nitrogens with zero attached hydrogens (tertiary/aromatic N) is 1. The van der Waals surface area contributed by atoms with Gasteiger partial charge in [0.15, 0.2) is 0 Å². The molecule has 2 rings (SSSR count). The molecule has 1 aliphatic rings. The number of hydrogen-bond donors (Lipinski definition) is 2. The van der Waals surface area contributed by atoms with Crippen molar-refractivity contribution in [2.24, 2.45) is 0 Å². The molecule has 0 radical (unpaired) electrons. The number of anilines is 1. The maximum absolute atomic E-state index is 11.8. The average Bonchev–Trinajstić information content (AvgIpc) is 2.81. The number of carbonyl (C=O) groups is 1. The molecule has 0 aromatic heterocycles. The van der Waals surface area contributed by atoms with Gasteiger partial charge >= 0.3 is 0 Å². The van der Waals surface area contributed by atoms with Crippen molar-refractivity contribution in [3.05, 3.63) is 28.8 Å². The van der Waals surface area contributed by atoms with Crippen molar-refractivity contribution in [2.75, 3.05) is 32.5 Å². The lowest BCUT2D eigenvalue weighted by atomic mass is 10.1. The maximum Gasteiger partial charge on any atom is 0.254 e. The molecule has 1 atom stereocenters. The molecule has 1 amide bonds. The molecule has 0 saturated carbocycles. The van der Waals surface area contributed by atoms with Crippen LogP contribution in [0.25, 0.3) is 0 Å². The van der Waals surface area contributed by atoms with Gasteiger partial charge in [-0.25, -0.2) is 0 Å². The summed E-state index contributed by atoms with van der Waals surface area (Å²) >= 11 is 6.15. The summed E-state index contributed by atoms with van der Waals surface area (Å²) in [5, 5.41) is 7.19. The van der Waals surface area contributed by atoms with Gasteiger partial charge in [-0.3, -0.25) is 4.79 Å². The molecule has 4 nitrogen and oxygen atoms in total. The highest BCUT2D eigenvalue weighted by Crippen LogP contribution is 2.23. The zero-order chi connectivity index (χ0) is 13.1. The standard InChI is InChI=1S/C13H18ClN3O/c1-17(2)13(18)11-4-3-9(7-12(11)14)16-10-5-6-15-8-10/h3-4,7,10,15-16H,5-6,8H2,1-2H3/t10-/m0/s1. The Bertz CT molecular complexity index is 442. The van der Waals surface area contributed by atoms with Crippen LogP contribution in [0.3, 0.4) is 0 Å². The summed E-state index contributed by atoms with van der Waals surface area (Å²) in [4.78, 5) is 13.4. The van der Waals surface area contributed by atoms with Crippen molar-refractivity contribution in [1.29, 1.82) is 0 Å². The second-order valence-corrected chi connectivity index (χ2v) is 5.14. The fourth-order valence-electron chi connectivity index (χ4n) is 2.03. The third kappa shape index (κ3) is 2.94. The van der Waals surface area contributed by atoms with Gasteiger partial charge < -0.3 is 15.5 Å². The van der Waals surface area contributed by atoms with Crippen LogP contribution in [0.5, 0.6) is 0 Å². The van der Waals surface area contributed by atoms with Crippen LogP contribution in [0.4, 0.5) is 5.69 Å². The lowest BCUT2D eigenvalue weighted by Gasteiger charge is -2.15. The zero-order valence-corrected chi connectivity index (χ0v) is 11.4. The number of carbonyl (C=O) groups excluding carboxylic acids is 1. The molecule has 0 bridgehead atoms. The lowest BCUT2D eigenvalue weighted by molar-refractivity contribution is 0.0828. The average molecular weight is 268 g/mol. The number of rotatable bonds is 3. The molecule has 1 fully saturated rings. The summed E-state index contributed by atoms with van der Waals surface area (Å²) in [6.45, 7) is 2.01. The van der Waals surface area contributed by atoms with Gasteiger partial charge in [-0.15, -0.1) is 0 Å². The smallest absolute Gasteiger partial charge is 0.254 e. The highest BCUT2D eigenvalue weighted by molar-refractivity contribution is 6.34. The van der Waals surface area contributed by atoms with E-state index in [-0.39, 0.29) is 5.91 Å². The summed E-state index contributed by atoms with van der Waals surface area (Å²) in [6.07, 6.45) is 1.11. The monoisotopic (exact) mass is 267 g/mol. The van der Waals surface area contributed by atoms with Crippen LogP contribution >= 0.6 is 11.6 Å². The van der Waals surface area contributed by atoms with Gasteiger partial charge in [0.25, 0.3) is 5.91 Å². The topological polar surface area (TPSA) is 44.4 Å². The summed E-state index contributed by atoms with van der Waals surface area (Å²) in [5.41, 5.74) is 1.50. The van der Waals surface area contributed by atoms with Crippen LogP contribution < -0.4 is 10.6 Å². The molecule has 0 spiro atoms. The van der Waals surface area contributed by atoms with Gasteiger partial charge in [0.2, 0.25) is 0 Å². The van der Waals surface area contributed by atoms with Gasteiger partial charge in [-0.1, -0.05) is 11.6 Å². The van der Waals surface area contributed by atoms with E-state index >= 15 is 0 Å². The lowest BCUT2D eigenvalue weighted by Crippen LogP contribution is -2.23. The quantitative estimate of drug-likeness (QED) is 0.878. The van der Waals surface area contributed by atoms with Crippen molar-refractivity contribution in [3.63, 3.8) is 0 Å². The van der Waals surface area contributed by atoms with E-state index < -0.39 is 0 Å². The van der Waals surface area contributed by atoms with E-state index in [0.29, 0.717) is 16.6 Å². The highest BCUT2D eigenvalue weighted by atomic mass is 35.5. The van der Waals surface area contributed by atoms with Crippen molar-refractivity contribution in [2.45, 2.75) is 12.5 Å². The van der Waals surface area contributed by atoms with Crippen molar-refractivity contribution < 1.29 is 4.79 Å². The Hall–Kier alpha value is -1.26. The molecule has 1 aromatic rings. The van der Waals surface area contributed by atoms with Crippen LogP contribution in [0.1, 0.15) is 16.8 Å². The predicted molar refractivity (Wildman–Crippen MR) is 74.4 cm³/mol. The summed E-state index contributed by atoms with van der Waals surface area (Å²) in [7, 11) is 3.43. The summed E-state index contributed by atoms with van der Waals surface area (Å²) in [5.74, 6) is -0.0749. The fraction of sp³-hybridized carbons (Fsp3) is 0.462. The second kappa shape index (κ2) is 5.59. The minimum atomic E-state index is -0.0749. The van der Waals surface area contributed by atoms with E-state index in [1.54, 1.807) is 20.2 Å². The molecular weight excluding hydrogens is 250 g/mol. The number of amides is 1. The third-order valence-corrected chi connectivity index (χ3v) is 3.35. The van der Waals surface area contributed by atoms with Crippen molar-refractivity contribution in [3.8, 4) is 0 Å². The summed E-state index contributed by atoms with van der Waals surface area (Å²) < 4.78 is 0. The Morgan fingerprint density at radius 1 is 1.50 bits per heavy atom. The van der Waals surface area contributed by atoms with Crippen molar-refractivity contribution >= 4 is 23.2 Å². The van der Waals surface area contributed by atoms with E-state index in [1.807, 2.05) is 12.1 Å². The van der Waals surface area contributed by atoms with Crippen LogP contribution in [0.15, 0.2) is 18.2 Å². The van der Waals surface area contributed by atoms with Gasteiger partial charge in [-0.2, -0.15) is 0 Å². The first-order valence-corrected chi connectivity index (χ1v) is 6.44. The second-order valence-electron chi connectivity index (χ2n) is 4.73. The third-order valence-electron chi connectivity index (χ3n) is 3.04. The molecule has 0 unspecified atom stereocenters. The van der Waals surface area contributed by atoms with Gasteiger partial charge in [0.1, 0.15) is 0 Å². The Kier molecular flexibility index (Phi) is 4.09. The minimum Gasteiger partial charge on any atom is -0.381 e. The number of benzene rings is 1. The van der Waals surface area contributed by atoms with E-state index in [2.05, 4.69) is 10.6 Å². The van der Waals surface area contributed by atoms with E-state index in [4.69, 9.17) is 11.6 Å². The minimum absolute atomic E-state index is 0.0749. The van der Waals surface area contributed by atoms with E-state index in [9.17, 15) is 4.79 Å². The summed E-state index contributed by atoms with van der Waals surface area (Å²) in [6, 6.07) is 5.93. The van der Waals surface area contributed by atoms with E-state index in [0.717, 1.165) is 25.2 Å². The fourth-order valence-corrected chi connectivity index (χ4v) is 2.29. The molecule has 1 saturated heterocycles.